The summed E-state index contributed by atoms with van der Waals surface area (Å²) in [6.45, 7) is -0.886. The summed E-state index contributed by atoms with van der Waals surface area (Å²) >= 11 is 0. The number of hydrogen-bond acceptors (Lipinski definition) is 4. The Hall–Kier alpha value is -1.35. The highest BCUT2D eigenvalue weighted by Gasteiger charge is 2.50. The highest BCUT2D eigenvalue weighted by atomic mass is 19.4. The van der Waals surface area contributed by atoms with Crippen molar-refractivity contribution in [2.24, 2.45) is 11.8 Å². The number of alkyl halides is 3. The molecule has 1 rings (SSSR count). The lowest BCUT2D eigenvalue weighted by Gasteiger charge is -2.23. The normalized spacial score (nSPS) is 24.0. The van der Waals surface area contributed by atoms with Gasteiger partial charge >= 0.3 is 18.1 Å². The van der Waals surface area contributed by atoms with Crippen LogP contribution in [0.3, 0.4) is 0 Å². The highest BCUT2D eigenvalue weighted by molar-refractivity contribution is 5.83. The molecule has 1 aliphatic heterocycles. The minimum atomic E-state index is -5.02. The SMILES string of the molecule is COC(OC)[C@@H]1CN(C(=O)C(F)(F)F)C[C@H]1C(=O)O. The summed E-state index contributed by atoms with van der Waals surface area (Å²) < 4.78 is 46.7. The fourth-order valence-electron chi connectivity index (χ4n) is 2.16. The molecule has 1 fully saturated rings. The van der Waals surface area contributed by atoms with E-state index in [2.05, 4.69) is 0 Å². The van der Waals surface area contributed by atoms with Crippen LogP contribution in [0, 0.1) is 11.8 Å². The van der Waals surface area contributed by atoms with Crippen LogP contribution in [0.2, 0.25) is 0 Å². The molecule has 0 bridgehead atoms. The maximum Gasteiger partial charge on any atom is 0.471 e. The second-order valence-electron chi connectivity index (χ2n) is 4.16. The van der Waals surface area contributed by atoms with Crippen LogP contribution in [0.25, 0.3) is 0 Å². The summed E-state index contributed by atoms with van der Waals surface area (Å²) in [5.74, 6) is -5.34. The number of amides is 1. The van der Waals surface area contributed by atoms with Gasteiger partial charge in [-0.1, -0.05) is 0 Å². The van der Waals surface area contributed by atoms with Crippen molar-refractivity contribution in [1.29, 1.82) is 0 Å². The third-order valence-corrected chi connectivity index (χ3v) is 3.03. The molecule has 110 valence electrons. The van der Waals surface area contributed by atoms with Crippen LogP contribution in [0.5, 0.6) is 0 Å². The van der Waals surface area contributed by atoms with E-state index >= 15 is 0 Å². The van der Waals surface area contributed by atoms with Gasteiger partial charge in [-0.05, 0) is 0 Å². The van der Waals surface area contributed by atoms with Crippen LogP contribution in [0.4, 0.5) is 13.2 Å². The second-order valence-corrected chi connectivity index (χ2v) is 4.16. The Balaban J connectivity index is 2.89. The average molecular weight is 285 g/mol. The number of nitrogens with zero attached hydrogens (tertiary/aromatic N) is 1. The Bertz CT molecular complexity index is 356. The number of carboxylic acid groups (broad SMARTS) is 1. The van der Waals surface area contributed by atoms with E-state index in [1.54, 1.807) is 0 Å². The topological polar surface area (TPSA) is 76.1 Å². The van der Waals surface area contributed by atoms with Gasteiger partial charge in [0.2, 0.25) is 0 Å². The van der Waals surface area contributed by atoms with E-state index in [9.17, 15) is 22.8 Å². The number of carboxylic acids is 1. The standard InChI is InChI=1S/C10H14F3NO5/c1-18-8(19-2)6-4-14(3-5(6)7(15)16)9(17)10(11,12)13/h5-6,8H,3-4H2,1-2H3,(H,15,16)/t5-,6-/m1/s1. The van der Waals surface area contributed by atoms with Crippen LogP contribution >= 0.6 is 0 Å². The number of methoxy groups -OCH3 is 2. The predicted octanol–water partition coefficient (Wildman–Crippen LogP) is 0.327. The van der Waals surface area contributed by atoms with Gasteiger partial charge in [0.15, 0.2) is 6.29 Å². The zero-order valence-electron chi connectivity index (χ0n) is 10.3. The summed E-state index contributed by atoms with van der Waals surface area (Å²) in [7, 11) is 2.50. The minimum Gasteiger partial charge on any atom is -0.481 e. The van der Waals surface area contributed by atoms with Crippen LogP contribution in [0.15, 0.2) is 0 Å². The van der Waals surface area contributed by atoms with Crippen molar-refractivity contribution >= 4 is 11.9 Å². The first-order valence-electron chi connectivity index (χ1n) is 5.36. The first kappa shape index (κ1) is 15.7. The van der Waals surface area contributed by atoms with E-state index in [1.165, 1.54) is 14.2 Å². The number of halogens is 3. The molecule has 1 aliphatic rings. The summed E-state index contributed by atoms with van der Waals surface area (Å²) in [6, 6.07) is 0. The number of hydrogen-bond donors (Lipinski definition) is 1. The van der Waals surface area contributed by atoms with E-state index < -0.39 is 42.7 Å². The second kappa shape index (κ2) is 5.74. The number of carbonyl (C=O) groups is 2. The third kappa shape index (κ3) is 3.35. The molecule has 0 aromatic rings. The molecule has 1 N–H and O–H groups in total. The third-order valence-electron chi connectivity index (χ3n) is 3.03. The molecular formula is C10H14F3NO5. The van der Waals surface area contributed by atoms with Gasteiger partial charge < -0.3 is 19.5 Å². The van der Waals surface area contributed by atoms with Gasteiger partial charge in [0.25, 0.3) is 0 Å². The van der Waals surface area contributed by atoms with E-state index in [1.807, 2.05) is 0 Å². The molecule has 0 aromatic carbocycles. The Labute approximate surface area is 107 Å². The van der Waals surface area contributed by atoms with Gasteiger partial charge in [-0.2, -0.15) is 13.2 Å². The van der Waals surface area contributed by atoms with Crippen molar-refractivity contribution in [2.75, 3.05) is 27.3 Å². The van der Waals surface area contributed by atoms with Gasteiger partial charge in [-0.15, -0.1) is 0 Å². The van der Waals surface area contributed by atoms with Crippen LogP contribution < -0.4 is 0 Å². The zero-order chi connectivity index (χ0) is 14.8. The smallest absolute Gasteiger partial charge is 0.471 e. The van der Waals surface area contributed by atoms with E-state index in [-0.39, 0.29) is 6.54 Å². The van der Waals surface area contributed by atoms with Gasteiger partial charge in [-0.25, -0.2) is 0 Å². The zero-order valence-corrected chi connectivity index (χ0v) is 10.3. The number of likely N-dealkylation sites (tertiary alicyclic amines) is 1. The van der Waals surface area contributed by atoms with Crippen LogP contribution in [-0.4, -0.2) is 61.7 Å². The molecule has 9 heteroatoms. The van der Waals surface area contributed by atoms with Crippen molar-refractivity contribution in [3.05, 3.63) is 0 Å². The fourth-order valence-corrected chi connectivity index (χ4v) is 2.16. The average Bonchev–Trinajstić information content (AvgIpc) is 2.73. The van der Waals surface area contributed by atoms with Gasteiger partial charge in [0.1, 0.15) is 0 Å². The van der Waals surface area contributed by atoms with Crippen molar-refractivity contribution in [2.45, 2.75) is 12.5 Å². The van der Waals surface area contributed by atoms with E-state index in [4.69, 9.17) is 14.6 Å². The lowest BCUT2D eigenvalue weighted by Crippen LogP contribution is -2.40. The molecule has 0 spiro atoms. The van der Waals surface area contributed by atoms with Gasteiger partial charge in [0.05, 0.1) is 5.92 Å². The molecular weight excluding hydrogens is 271 g/mol. The van der Waals surface area contributed by atoms with Crippen molar-refractivity contribution in [3.8, 4) is 0 Å². The van der Waals surface area contributed by atoms with Crippen molar-refractivity contribution in [1.82, 2.24) is 4.90 Å². The Morgan fingerprint density at radius 1 is 1.26 bits per heavy atom. The summed E-state index contributed by atoms with van der Waals surface area (Å²) in [4.78, 5) is 22.6. The van der Waals surface area contributed by atoms with Gasteiger partial charge in [-0.3, -0.25) is 9.59 Å². The van der Waals surface area contributed by atoms with Crippen LogP contribution in [0.1, 0.15) is 0 Å². The monoisotopic (exact) mass is 285 g/mol. The highest BCUT2D eigenvalue weighted by Crippen LogP contribution is 2.31. The molecule has 1 heterocycles. The molecule has 0 aliphatic carbocycles. The lowest BCUT2D eigenvalue weighted by molar-refractivity contribution is -0.185. The molecule has 0 aromatic heterocycles. The maximum atomic E-state index is 12.3. The fraction of sp³-hybridized carbons (Fsp3) is 0.800. The first-order chi connectivity index (χ1) is 8.72. The largest absolute Gasteiger partial charge is 0.481 e. The molecule has 1 amide bonds. The molecule has 0 radical (unpaired) electrons. The molecule has 2 atom stereocenters. The Morgan fingerprint density at radius 2 is 1.79 bits per heavy atom. The summed E-state index contributed by atoms with van der Waals surface area (Å²) in [6.07, 6.45) is -6.00. The van der Waals surface area contributed by atoms with Gasteiger partial charge in [0, 0.05) is 33.2 Å². The molecule has 1 saturated heterocycles. The van der Waals surface area contributed by atoms with Crippen molar-refractivity contribution in [3.63, 3.8) is 0 Å². The first-order valence-corrected chi connectivity index (χ1v) is 5.36. The quantitative estimate of drug-likeness (QED) is 0.753. The number of carbonyl (C=O) groups excluding carboxylic acids is 1. The maximum absolute atomic E-state index is 12.3. The van der Waals surface area contributed by atoms with Crippen LogP contribution in [-0.2, 0) is 19.1 Å². The number of rotatable bonds is 4. The number of aliphatic carboxylic acids is 1. The van der Waals surface area contributed by atoms with E-state index in [0.29, 0.717) is 4.90 Å². The molecule has 6 nitrogen and oxygen atoms in total. The Kier molecular flexibility index (Phi) is 4.75. The summed E-state index contributed by atoms with van der Waals surface area (Å²) in [5, 5.41) is 9.00. The van der Waals surface area contributed by atoms with Crippen molar-refractivity contribution < 1.29 is 37.3 Å². The molecule has 19 heavy (non-hydrogen) atoms. The Morgan fingerprint density at radius 3 is 2.16 bits per heavy atom. The van der Waals surface area contributed by atoms with E-state index in [0.717, 1.165) is 0 Å². The predicted molar refractivity (Wildman–Crippen MR) is 55.1 cm³/mol. The summed E-state index contributed by atoms with van der Waals surface area (Å²) in [5.41, 5.74) is 0. The molecule has 0 saturated carbocycles. The minimum absolute atomic E-state index is 0.373. The number of ether oxygens (including phenoxy) is 2. The molecule has 0 unspecified atom stereocenters. The lowest BCUT2D eigenvalue weighted by atomic mass is 9.95.